The van der Waals surface area contributed by atoms with Crippen molar-refractivity contribution < 1.29 is 21.3 Å². The van der Waals surface area contributed by atoms with E-state index in [0.717, 1.165) is 0 Å². The van der Waals surface area contributed by atoms with E-state index in [9.17, 15) is 0 Å². The molecule has 0 fully saturated rings. The van der Waals surface area contributed by atoms with Gasteiger partial charge >= 0.3 is 164 Å². The van der Waals surface area contributed by atoms with E-state index >= 15 is 0 Å². The summed E-state index contributed by atoms with van der Waals surface area (Å²) < 4.78 is 3.89. The van der Waals surface area contributed by atoms with Crippen LogP contribution in [0.1, 0.15) is 43.4 Å². The van der Waals surface area contributed by atoms with Crippen molar-refractivity contribution in [3.8, 4) is 11.1 Å². The predicted octanol–water partition coefficient (Wildman–Crippen LogP) is 6.35. The average Bonchev–Trinajstić information content (AvgIpc) is 3.20. The Kier molecular flexibility index (Phi) is 4.02. The van der Waals surface area contributed by atoms with Crippen LogP contribution in [0.15, 0.2) is 78.9 Å². The van der Waals surface area contributed by atoms with Crippen LogP contribution in [0, 0.1) is 0 Å². The molecule has 5 rings (SSSR count). The summed E-state index contributed by atoms with van der Waals surface area (Å²) in [5.41, 5.74) is 10.6. The van der Waals surface area contributed by atoms with E-state index in [1.54, 1.807) is 16.7 Å². The molecule has 3 aromatic carbocycles. The molecular formula is C25H22Zr. The number of hydrogen-bond donors (Lipinski definition) is 0. The third-order valence-electron chi connectivity index (χ3n) is 6.00. The first-order valence-corrected chi connectivity index (χ1v) is 13.7. The topological polar surface area (TPSA) is 0 Å². The maximum atomic E-state index is 2.63. The van der Waals surface area contributed by atoms with Gasteiger partial charge in [-0.05, 0) is 0 Å². The van der Waals surface area contributed by atoms with Crippen LogP contribution >= 0.6 is 0 Å². The molecule has 2 aliphatic carbocycles. The summed E-state index contributed by atoms with van der Waals surface area (Å²) in [7, 11) is 0. The third kappa shape index (κ3) is 2.34. The van der Waals surface area contributed by atoms with Crippen molar-refractivity contribution in [3.05, 3.63) is 101 Å². The van der Waals surface area contributed by atoms with E-state index in [2.05, 4.69) is 96.4 Å². The van der Waals surface area contributed by atoms with Crippen molar-refractivity contribution in [3.63, 3.8) is 0 Å². The number of fused-ring (bicyclic) bond motifs is 4. The van der Waals surface area contributed by atoms with Gasteiger partial charge in [0.15, 0.2) is 0 Å². The summed E-state index contributed by atoms with van der Waals surface area (Å²) in [6.45, 7) is 4.61. The molecular weight excluding hydrogens is 391 g/mol. The quantitative estimate of drug-likeness (QED) is 0.459. The fraction of sp³-hybridized carbons (Fsp3) is 0.160. The molecule has 3 aromatic rings. The number of rotatable bonds is 2. The summed E-state index contributed by atoms with van der Waals surface area (Å²) in [6, 6.07) is 27.2. The molecule has 0 spiro atoms. The summed E-state index contributed by atoms with van der Waals surface area (Å²) in [6.07, 6.45) is 2.57. The molecule has 126 valence electrons. The van der Waals surface area contributed by atoms with Crippen LogP contribution in [0.2, 0.25) is 0 Å². The van der Waals surface area contributed by atoms with Crippen LogP contribution in [0.5, 0.6) is 0 Å². The Labute approximate surface area is 163 Å². The standard InChI is InChI=1S/C13H9.C10H9.C2H4.Zr/c1-3-7-12-10(5-1)9-11-6-2-4-8-13(11)12;1-8-6-7-9-4-2-3-5-10(8)9;1-2;/h1-9H;2-7H,1H3;1H,2H3;. The van der Waals surface area contributed by atoms with Crippen LogP contribution in [-0.4, -0.2) is 3.71 Å². The first-order chi connectivity index (χ1) is 12.8. The second-order valence-electron chi connectivity index (χ2n) is 7.31. The Bertz CT molecular complexity index is 1030. The molecule has 0 saturated heterocycles. The zero-order chi connectivity index (χ0) is 17.7. The summed E-state index contributed by atoms with van der Waals surface area (Å²) in [4.78, 5) is 0. The van der Waals surface area contributed by atoms with Crippen LogP contribution in [-0.2, 0) is 21.3 Å². The fourth-order valence-corrected chi connectivity index (χ4v) is 13.0. The zero-order valence-electron chi connectivity index (χ0n) is 15.2. The minimum absolute atomic E-state index is 0.620. The van der Waals surface area contributed by atoms with Gasteiger partial charge in [0, 0.05) is 0 Å². The van der Waals surface area contributed by atoms with Crippen molar-refractivity contribution in [2.45, 2.75) is 21.1 Å². The monoisotopic (exact) mass is 412 g/mol. The van der Waals surface area contributed by atoms with Gasteiger partial charge in [0.25, 0.3) is 0 Å². The van der Waals surface area contributed by atoms with Crippen molar-refractivity contribution in [1.82, 2.24) is 0 Å². The normalized spacial score (nSPS) is 18.3. The average molecular weight is 414 g/mol. The SMILES string of the molecule is C[CH]=[Zr]([CH]1C=C(C)c2ccccc21)[CH]1c2ccccc2-c2ccccc21. The van der Waals surface area contributed by atoms with Gasteiger partial charge in [0.05, 0.1) is 0 Å². The van der Waals surface area contributed by atoms with E-state index in [1.807, 2.05) is 0 Å². The molecule has 2 aliphatic rings. The summed E-state index contributed by atoms with van der Waals surface area (Å²) in [5.74, 6) is 0. The van der Waals surface area contributed by atoms with E-state index in [4.69, 9.17) is 0 Å². The van der Waals surface area contributed by atoms with Gasteiger partial charge in [-0.25, -0.2) is 0 Å². The molecule has 0 radical (unpaired) electrons. The second kappa shape index (κ2) is 6.39. The van der Waals surface area contributed by atoms with Gasteiger partial charge in [-0.15, -0.1) is 0 Å². The van der Waals surface area contributed by atoms with Crippen molar-refractivity contribution in [1.29, 1.82) is 0 Å². The number of allylic oxidation sites excluding steroid dienone is 2. The van der Waals surface area contributed by atoms with Gasteiger partial charge in [0.1, 0.15) is 0 Å². The van der Waals surface area contributed by atoms with Gasteiger partial charge in [0.2, 0.25) is 0 Å². The molecule has 1 heteroatoms. The van der Waals surface area contributed by atoms with Crippen LogP contribution in [0.25, 0.3) is 16.7 Å². The Balaban J connectivity index is 1.70. The van der Waals surface area contributed by atoms with Gasteiger partial charge in [-0.3, -0.25) is 0 Å². The summed E-state index contributed by atoms with van der Waals surface area (Å²) in [5, 5.41) is 0. The molecule has 1 unspecified atom stereocenters. The molecule has 26 heavy (non-hydrogen) atoms. The number of benzene rings is 3. The molecule has 0 amide bonds. The maximum absolute atomic E-state index is 2.63. The Hall–Kier alpha value is -1.85. The van der Waals surface area contributed by atoms with Crippen LogP contribution < -0.4 is 0 Å². The zero-order valence-corrected chi connectivity index (χ0v) is 17.7. The second-order valence-corrected chi connectivity index (χ2v) is 14.1. The predicted molar refractivity (Wildman–Crippen MR) is 108 cm³/mol. The van der Waals surface area contributed by atoms with Crippen LogP contribution in [0.4, 0.5) is 0 Å². The Morgan fingerprint density at radius 2 is 1.19 bits per heavy atom. The minimum atomic E-state index is -1.99. The molecule has 0 bridgehead atoms. The van der Waals surface area contributed by atoms with E-state index in [0.29, 0.717) is 7.25 Å². The van der Waals surface area contributed by atoms with E-state index in [1.165, 1.54) is 22.3 Å². The fourth-order valence-electron chi connectivity index (χ4n) is 4.87. The molecule has 0 N–H and O–H groups in total. The summed E-state index contributed by atoms with van der Waals surface area (Å²) >= 11 is -1.99. The van der Waals surface area contributed by atoms with E-state index < -0.39 is 21.3 Å². The van der Waals surface area contributed by atoms with Crippen LogP contribution in [0.3, 0.4) is 0 Å². The van der Waals surface area contributed by atoms with Gasteiger partial charge in [-0.1, -0.05) is 0 Å². The van der Waals surface area contributed by atoms with Crippen molar-refractivity contribution >= 4 is 9.28 Å². The first kappa shape index (κ1) is 16.3. The molecule has 0 saturated carbocycles. The van der Waals surface area contributed by atoms with Gasteiger partial charge in [-0.2, -0.15) is 0 Å². The van der Waals surface area contributed by atoms with E-state index in [-0.39, 0.29) is 0 Å². The first-order valence-electron chi connectivity index (χ1n) is 9.41. The molecule has 1 atom stereocenters. The Morgan fingerprint density at radius 3 is 1.77 bits per heavy atom. The molecule has 0 nitrogen and oxygen atoms in total. The van der Waals surface area contributed by atoms with Crippen molar-refractivity contribution in [2.24, 2.45) is 0 Å². The Morgan fingerprint density at radius 1 is 0.692 bits per heavy atom. The number of hydrogen-bond acceptors (Lipinski definition) is 0. The third-order valence-corrected chi connectivity index (χ3v) is 13.7. The van der Waals surface area contributed by atoms with Crippen molar-refractivity contribution in [2.75, 3.05) is 0 Å². The molecule has 0 heterocycles. The van der Waals surface area contributed by atoms with Gasteiger partial charge < -0.3 is 0 Å². The molecule has 0 aromatic heterocycles. The molecule has 0 aliphatic heterocycles.